The lowest BCUT2D eigenvalue weighted by molar-refractivity contribution is 0.0697. The highest BCUT2D eigenvalue weighted by atomic mass is 16.5. The molecule has 1 heterocycles. The van der Waals surface area contributed by atoms with Crippen molar-refractivity contribution >= 4 is 33.9 Å². The van der Waals surface area contributed by atoms with Crippen molar-refractivity contribution < 1.29 is 14.6 Å². The minimum absolute atomic E-state index is 0.214. The van der Waals surface area contributed by atoms with Crippen molar-refractivity contribution in [3.63, 3.8) is 0 Å². The van der Waals surface area contributed by atoms with Crippen molar-refractivity contribution in [3.8, 4) is 17.1 Å². The Morgan fingerprint density at radius 3 is 2.30 bits per heavy atom. The van der Waals surface area contributed by atoms with Crippen LogP contribution >= 0.6 is 0 Å². The summed E-state index contributed by atoms with van der Waals surface area (Å²) in [5.41, 5.74) is 2.83. The van der Waals surface area contributed by atoms with E-state index in [1.807, 2.05) is 78.9 Å². The van der Waals surface area contributed by atoms with Crippen LogP contribution in [-0.2, 0) is 6.61 Å². The maximum atomic E-state index is 13.6. The zero-order chi connectivity index (χ0) is 27.5. The molecular weight excluding hydrogens is 502 g/mol. The van der Waals surface area contributed by atoms with Crippen molar-refractivity contribution in [1.29, 1.82) is 0 Å². The Kier molecular flexibility index (Phi) is 6.60. The van der Waals surface area contributed by atoms with Gasteiger partial charge in [-0.05, 0) is 46.7 Å². The van der Waals surface area contributed by atoms with E-state index in [1.54, 1.807) is 42.6 Å². The van der Waals surface area contributed by atoms with Crippen LogP contribution in [0.3, 0.4) is 0 Å². The smallest absolute Gasteiger partial charge is 0.335 e. The van der Waals surface area contributed by atoms with Crippen molar-refractivity contribution in [1.82, 2.24) is 9.66 Å². The number of carboxylic acid groups (broad SMARTS) is 1. The van der Waals surface area contributed by atoms with Gasteiger partial charge in [0, 0.05) is 11.1 Å². The predicted octanol–water partition coefficient (Wildman–Crippen LogP) is 6.38. The van der Waals surface area contributed by atoms with Gasteiger partial charge in [-0.25, -0.2) is 9.78 Å². The van der Waals surface area contributed by atoms with Crippen LogP contribution in [0.15, 0.2) is 125 Å². The predicted molar refractivity (Wildman–Crippen MR) is 156 cm³/mol. The molecule has 0 radical (unpaired) electrons. The minimum Gasteiger partial charge on any atom is -0.488 e. The van der Waals surface area contributed by atoms with Crippen LogP contribution in [0.25, 0.3) is 33.1 Å². The average Bonchev–Trinajstić information content (AvgIpc) is 3.00. The van der Waals surface area contributed by atoms with Gasteiger partial charge >= 0.3 is 5.97 Å². The third-order valence-corrected chi connectivity index (χ3v) is 6.61. The summed E-state index contributed by atoms with van der Waals surface area (Å²) in [6.45, 7) is 0.228. The van der Waals surface area contributed by atoms with Gasteiger partial charge in [-0.2, -0.15) is 9.78 Å². The Labute approximate surface area is 229 Å². The number of hydrogen-bond donors (Lipinski definition) is 1. The largest absolute Gasteiger partial charge is 0.488 e. The average molecular weight is 526 g/mol. The molecule has 194 valence electrons. The maximum Gasteiger partial charge on any atom is 0.335 e. The molecule has 6 rings (SSSR count). The third-order valence-electron chi connectivity index (χ3n) is 6.61. The number of para-hydroxylation sites is 1. The minimum atomic E-state index is -0.978. The summed E-state index contributed by atoms with van der Waals surface area (Å²) >= 11 is 0. The number of fused-ring (bicyclic) bond motifs is 2. The summed E-state index contributed by atoms with van der Waals surface area (Å²) in [6.07, 6.45) is 1.63. The van der Waals surface area contributed by atoms with Gasteiger partial charge in [0.15, 0.2) is 5.82 Å². The number of carboxylic acids is 1. The molecule has 0 fully saturated rings. The number of nitrogens with zero attached hydrogens (tertiary/aromatic N) is 3. The Bertz CT molecular complexity index is 1950. The number of ether oxygens (including phenoxy) is 1. The Morgan fingerprint density at radius 2 is 1.52 bits per heavy atom. The molecule has 0 aliphatic heterocycles. The maximum absolute atomic E-state index is 13.6. The molecule has 0 bridgehead atoms. The molecule has 0 aliphatic carbocycles. The van der Waals surface area contributed by atoms with Crippen LogP contribution in [0.5, 0.6) is 5.75 Å². The molecule has 1 N–H and O–H groups in total. The van der Waals surface area contributed by atoms with E-state index < -0.39 is 5.97 Å². The van der Waals surface area contributed by atoms with Crippen molar-refractivity contribution in [2.45, 2.75) is 6.61 Å². The lowest BCUT2D eigenvalue weighted by Gasteiger charge is -2.13. The second-order valence-corrected chi connectivity index (χ2v) is 9.17. The first-order valence-corrected chi connectivity index (χ1v) is 12.7. The number of carbonyl (C=O) groups is 1. The number of benzene rings is 5. The van der Waals surface area contributed by atoms with Gasteiger partial charge in [0.2, 0.25) is 0 Å². The first-order valence-electron chi connectivity index (χ1n) is 12.7. The van der Waals surface area contributed by atoms with E-state index in [1.165, 1.54) is 4.68 Å². The van der Waals surface area contributed by atoms with Gasteiger partial charge in [-0.15, -0.1) is 0 Å². The fourth-order valence-corrected chi connectivity index (χ4v) is 4.56. The molecule has 0 unspecified atom stereocenters. The SMILES string of the molecule is O=C(O)c1ccc(COc2ccc3ccccc3c2C=Nn2c(-c3ccccc3)nc3ccccc3c2=O)cc1. The second kappa shape index (κ2) is 10.7. The molecule has 0 saturated heterocycles. The summed E-state index contributed by atoms with van der Waals surface area (Å²) in [6, 6.07) is 35.0. The van der Waals surface area contributed by atoms with Crippen LogP contribution in [0.1, 0.15) is 21.5 Å². The summed E-state index contributed by atoms with van der Waals surface area (Å²) in [5, 5.41) is 16.2. The molecule has 0 amide bonds. The number of aromatic nitrogens is 2. The molecule has 40 heavy (non-hydrogen) atoms. The molecule has 0 saturated carbocycles. The first kappa shape index (κ1) is 24.8. The fourth-order valence-electron chi connectivity index (χ4n) is 4.56. The molecular formula is C33H23N3O4. The van der Waals surface area contributed by atoms with E-state index in [0.717, 1.165) is 21.9 Å². The van der Waals surface area contributed by atoms with Crippen molar-refractivity contribution in [2.24, 2.45) is 5.10 Å². The van der Waals surface area contributed by atoms with Crippen LogP contribution in [0, 0.1) is 0 Å². The van der Waals surface area contributed by atoms with Crippen LogP contribution in [0.4, 0.5) is 0 Å². The van der Waals surface area contributed by atoms with E-state index in [4.69, 9.17) is 14.8 Å². The Morgan fingerprint density at radius 1 is 0.825 bits per heavy atom. The standard InChI is InChI=1S/C33H23N3O4/c37-32-27-12-6-7-13-29(27)35-31(24-9-2-1-3-10-24)36(32)34-20-28-26-11-5-4-8-23(26)18-19-30(28)40-21-22-14-16-25(17-15-22)33(38)39/h1-20H,21H2,(H,38,39). The third kappa shape index (κ3) is 4.83. The van der Waals surface area contributed by atoms with E-state index in [9.17, 15) is 9.59 Å². The van der Waals surface area contributed by atoms with E-state index in [0.29, 0.717) is 28.0 Å². The van der Waals surface area contributed by atoms with E-state index in [-0.39, 0.29) is 17.7 Å². The second-order valence-electron chi connectivity index (χ2n) is 9.17. The van der Waals surface area contributed by atoms with Crippen LogP contribution < -0.4 is 10.3 Å². The van der Waals surface area contributed by atoms with E-state index in [2.05, 4.69) is 5.10 Å². The quantitative estimate of drug-likeness (QED) is 0.244. The monoisotopic (exact) mass is 525 g/mol. The zero-order valence-corrected chi connectivity index (χ0v) is 21.3. The zero-order valence-electron chi connectivity index (χ0n) is 21.3. The molecule has 5 aromatic carbocycles. The van der Waals surface area contributed by atoms with E-state index >= 15 is 0 Å². The van der Waals surface area contributed by atoms with Gasteiger partial charge in [-0.1, -0.05) is 84.9 Å². The van der Waals surface area contributed by atoms with Gasteiger partial charge < -0.3 is 9.84 Å². The molecule has 0 aliphatic rings. The molecule has 7 nitrogen and oxygen atoms in total. The number of rotatable bonds is 7. The first-order chi connectivity index (χ1) is 19.6. The molecule has 0 spiro atoms. The number of hydrogen-bond acceptors (Lipinski definition) is 5. The van der Waals surface area contributed by atoms with Gasteiger partial charge in [-0.3, -0.25) is 4.79 Å². The summed E-state index contributed by atoms with van der Waals surface area (Å²) in [4.78, 5) is 29.6. The van der Waals surface area contributed by atoms with Crippen LogP contribution in [0.2, 0.25) is 0 Å². The molecule has 1 aromatic heterocycles. The van der Waals surface area contributed by atoms with Gasteiger partial charge in [0.25, 0.3) is 5.56 Å². The van der Waals surface area contributed by atoms with Crippen LogP contribution in [-0.4, -0.2) is 27.0 Å². The Balaban J connectivity index is 1.45. The highest BCUT2D eigenvalue weighted by Gasteiger charge is 2.14. The summed E-state index contributed by atoms with van der Waals surface area (Å²) in [5.74, 6) is 0.0309. The highest BCUT2D eigenvalue weighted by molar-refractivity contribution is 6.02. The Hall–Kier alpha value is -5.56. The van der Waals surface area contributed by atoms with Gasteiger partial charge in [0.1, 0.15) is 12.4 Å². The summed E-state index contributed by atoms with van der Waals surface area (Å²) in [7, 11) is 0. The molecule has 7 heteroatoms. The molecule has 0 atom stereocenters. The number of aromatic carboxylic acids is 1. The fraction of sp³-hybridized carbons (Fsp3) is 0.0303. The highest BCUT2D eigenvalue weighted by Crippen LogP contribution is 2.28. The summed E-state index contributed by atoms with van der Waals surface area (Å²) < 4.78 is 7.52. The lowest BCUT2D eigenvalue weighted by Crippen LogP contribution is -2.20. The molecule has 6 aromatic rings. The van der Waals surface area contributed by atoms with Gasteiger partial charge in [0.05, 0.1) is 22.7 Å². The van der Waals surface area contributed by atoms with Crippen molar-refractivity contribution in [3.05, 3.63) is 142 Å². The topological polar surface area (TPSA) is 93.8 Å². The van der Waals surface area contributed by atoms with Crippen molar-refractivity contribution in [2.75, 3.05) is 0 Å². The normalized spacial score (nSPS) is 11.3. The lowest BCUT2D eigenvalue weighted by atomic mass is 10.0.